The second-order valence-electron chi connectivity index (χ2n) is 4.11. The van der Waals surface area contributed by atoms with Gasteiger partial charge in [0.15, 0.2) is 0 Å². The number of amides is 1. The molecular formula is C13H16N4O2. The number of hydrogen-bond donors (Lipinski definition) is 3. The largest absolute Gasteiger partial charge is 0.491 e. The number of aromatic amines is 1. The Hall–Kier alpha value is -2.50. The van der Waals surface area contributed by atoms with Crippen molar-refractivity contribution in [2.75, 3.05) is 17.7 Å². The summed E-state index contributed by atoms with van der Waals surface area (Å²) in [6.45, 7) is 2.13. The number of nitrogen functional groups attached to an aromatic ring is 1. The molecule has 0 spiro atoms. The molecule has 6 nitrogen and oxygen atoms in total. The lowest BCUT2D eigenvalue weighted by Crippen LogP contribution is -2.16. The molecule has 2 rings (SSSR count). The molecule has 0 saturated heterocycles. The van der Waals surface area contributed by atoms with Gasteiger partial charge in [-0.15, -0.1) is 0 Å². The molecule has 2 aromatic rings. The Morgan fingerprint density at radius 2 is 2.26 bits per heavy atom. The topological polar surface area (TPSA) is 93.0 Å². The Kier molecular flexibility index (Phi) is 4.02. The van der Waals surface area contributed by atoms with Gasteiger partial charge in [-0.2, -0.15) is 5.10 Å². The summed E-state index contributed by atoms with van der Waals surface area (Å²) < 4.78 is 5.45. The summed E-state index contributed by atoms with van der Waals surface area (Å²) in [6, 6.07) is 7.19. The van der Waals surface area contributed by atoms with Gasteiger partial charge in [-0.05, 0) is 19.1 Å². The number of carbonyl (C=O) groups excluding carboxylic acids is 1. The van der Waals surface area contributed by atoms with Crippen LogP contribution >= 0.6 is 0 Å². The Labute approximate surface area is 111 Å². The predicted octanol–water partition coefficient (Wildman–Crippen LogP) is 1.71. The Bertz CT molecular complexity index is 565. The molecule has 0 bridgehead atoms. The summed E-state index contributed by atoms with van der Waals surface area (Å²) >= 11 is 0. The van der Waals surface area contributed by atoms with Gasteiger partial charge in [0.05, 0.1) is 24.9 Å². The number of rotatable bonds is 5. The van der Waals surface area contributed by atoms with Crippen LogP contribution in [-0.4, -0.2) is 22.7 Å². The van der Waals surface area contributed by atoms with Gasteiger partial charge >= 0.3 is 0 Å². The first kappa shape index (κ1) is 12.9. The van der Waals surface area contributed by atoms with Crippen LogP contribution in [0.2, 0.25) is 0 Å². The molecule has 0 atom stereocenters. The zero-order valence-electron chi connectivity index (χ0n) is 10.6. The Balaban J connectivity index is 1.79. The van der Waals surface area contributed by atoms with Crippen LogP contribution in [0, 0.1) is 6.92 Å². The van der Waals surface area contributed by atoms with E-state index in [2.05, 4.69) is 15.5 Å². The van der Waals surface area contributed by atoms with Gasteiger partial charge in [0.1, 0.15) is 11.6 Å². The molecule has 1 heterocycles. The van der Waals surface area contributed by atoms with Crippen LogP contribution < -0.4 is 15.8 Å². The number of hydrogen-bond acceptors (Lipinski definition) is 4. The van der Waals surface area contributed by atoms with E-state index in [4.69, 9.17) is 10.5 Å². The van der Waals surface area contributed by atoms with Gasteiger partial charge < -0.3 is 15.8 Å². The molecule has 0 aliphatic carbocycles. The SMILES string of the molecule is Cc1cn[nH]c1NC(=O)CCOc1ccccc1N. The number of nitrogens with one attached hydrogen (secondary N) is 2. The molecule has 6 heteroatoms. The van der Waals surface area contributed by atoms with Crippen LogP contribution in [0.3, 0.4) is 0 Å². The van der Waals surface area contributed by atoms with E-state index in [9.17, 15) is 4.79 Å². The number of nitrogens with zero attached hydrogens (tertiary/aromatic N) is 1. The Morgan fingerprint density at radius 3 is 2.95 bits per heavy atom. The predicted molar refractivity (Wildman–Crippen MR) is 72.9 cm³/mol. The van der Waals surface area contributed by atoms with Gasteiger partial charge in [0.25, 0.3) is 0 Å². The zero-order chi connectivity index (χ0) is 13.7. The van der Waals surface area contributed by atoms with Crippen molar-refractivity contribution in [1.29, 1.82) is 0 Å². The molecule has 0 aliphatic rings. The van der Waals surface area contributed by atoms with E-state index >= 15 is 0 Å². The molecule has 0 unspecified atom stereocenters. The maximum absolute atomic E-state index is 11.7. The van der Waals surface area contributed by atoms with Crippen molar-refractivity contribution in [3.63, 3.8) is 0 Å². The maximum Gasteiger partial charge on any atom is 0.228 e. The lowest BCUT2D eigenvalue weighted by molar-refractivity contribution is -0.116. The highest BCUT2D eigenvalue weighted by Gasteiger charge is 2.07. The molecule has 0 fully saturated rings. The molecule has 1 aromatic carbocycles. The lowest BCUT2D eigenvalue weighted by Gasteiger charge is -2.08. The highest BCUT2D eigenvalue weighted by Crippen LogP contribution is 2.19. The van der Waals surface area contributed by atoms with E-state index in [1.54, 1.807) is 18.3 Å². The first-order chi connectivity index (χ1) is 9.16. The molecule has 4 N–H and O–H groups in total. The number of nitrogens with two attached hydrogens (primary N) is 1. The van der Waals surface area contributed by atoms with Crippen molar-refractivity contribution in [3.8, 4) is 5.75 Å². The van der Waals surface area contributed by atoms with Gasteiger partial charge in [0, 0.05) is 5.56 Å². The van der Waals surface area contributed by atoms with Crippen molar-refractivity contribution >= 4 is 17.4 Å². The van der Waals surface area contributed by atoms with Crippen molar-refractivity contribution in [2.24, 2.45) is 0 Å². The molecule has 0 saturated carbocycles. The van der Waals surface area contributed by atoms with Crippen LogP contribution in [0.25, 0.3) is 0 Å². The summed E-state index contributed by atoms with van der Waals surface area (Å²) in [5, 5.41) is 9.26. The standard InChI is InChI=1S/C13H16N4O2/c1-9-8-15-17-13(9)16-12(18)6-7-19-11-5-3-2-4-10(11)14/h2-5,8H,6-7,14H2,1H3,(H2,15,16,17,18). The molecule has 0 aliphatic heterocycles. The summed E-state index contributed by atoms with van der Waals surface area (Å²) in [6.07, 6.45) is 1.89. The first-order valence-corrected chi connectivity index (χ1v) is 5.94. The minimum atomic E-state index is -0.137. The minimum absolute atomic E-state index is 0.137. The maximum atomic E-state index is 11.7. The first-order valence-electron chi connectivity index (χ1n) is 5.94. The van der Waals surface area contributed by atoms with Crippen molar-refractivity contribution in [1.82, 2.24) is 10.2 Å². The summed E-state index contributed by atoms with van der Waals surface area (Å²) in [4.78, 5) is 11.7. The average molecular weight is 260 g/mol. The average Bonchev–Trinajstić information content (AvgIpc) is 2.77. The molecule has 1 amide bonds. The Morgan fingerprint density at radius 1 is 1.47 bits per heavy atom. The van der Waals surface area contributed by atoms with E-state index in [0.717, 1.165) is 5.56 Å². The van der Waals surface area contributed by atoms with E-state index in [0.29, 0.717) is 17.3 Å². The number of aromatic nitrogens is 2. The molecule has 0 radical (unpaired) electrons. The molecule has 19 heavy (non-hydrogen) atoms. The fraction of sp³-hybridized carbons (Fsp3) is 0.231. The van der Waals surface area contributed by atoms with Gasteiger partial charge in [-0.25, -0.2) is 0 Å². The van der Waals surface area contributed by atoms with Gasteiger partial charge in [0.2, 0.25) is 5.91 Å². The van der Waals surface area contributed by atoms with E-state index in [1.807, 2.05) is 19.1 Å². The fourth-order valence-corrected chi connectivity index (χ4v) is 1.54. The number of H-pyrrole nitrogens is 1. The van der Waals surface area contributed by atoms with Crippen molar-refractivity contribution < 1.29 is 9.53 Å². The molecule has 1 aromatic heterocycles. The van der Waals surface area contributed by atoms with E-state index in [-0.39, 0.29) is 18.9 Å². The van der Waals surface area contributed by atoms with Crippen LogP contribution in [0.5, 0.6) is 5.75 Å². The van der Waals surface area contributed by atoms with Crippen LogP contribution in [-0.2, 0) is 4.79 Å². The highest BCUT2D eigenvalue weighted by molar-refractivity contribution is 5.90. The fourth-order valence-electron chi connectivity index (χ4n) is 1.54. The van der Waals surface area contributed by atoms with Crippen LogP contribution in [0.1, 0.15) is 12.0 Å². The second-order valence-corrected chi connectivity index (χ2v) is 4.11. The van der Waals surface area contributed by atoms with Crippen LogP contribution in [0.15, 0.2) is 30.5 Å². The summed E-state index contributed by atoms with van der Waals surface area (Å²) in [5.74, 6) is 1.07. The van der Waals surface area contributed by atoms with E-state index < -0.39 is 0 Å². The van der Waals surface area contributed by atoms with Gasteiger partial charge in [-0.3, -0.25) is 9.89 Å². The number of ether oxygens (including phenoxy) is 1. The number of anilines is 2. The van der Waals surface area contributed by atoms with Crippen molar-refractivity contribution in [3.05, 3.63) is 36.0 Å². The lowest BCUT2D eigenvalue weighted by atomic mass is 10.3. The van der Waals surface area contributed by atoms with Crippen LogP contribution in [0.4, 0.5) is 11.5 Å². The third kappa shape index (κ3) is 3.48. The van der Waals surface area contributed by atoms with E-state index in [1.165, 1.54) is 0 Å². The minimum Gasteiger partial charge on any atom is -0.491 e. The normalized spacial score (nSPS) is 10.2. The second kappa shape index (κ2) is 5.90. The summed E-state index contributed by atoms with van der Waals surface area (Å²) in [5.41, 5.74) is 7.18. The highest BCUT2D eigenvalue weighted by atomic mass is 16.5. The number of para-hydroxylation sites is 2. The number of carbonyl (C=O) groups is 1. The number of benzene rings is 1. The van der Waals surface area contributed by atoms with Crippen molar-refractivity contribution in [2.45, 2.75) is 13.3 Å². The molecule has 100 valence electrons. The summed E-state index contributed by atoms with van der Waals surface area (Å²) in [7, 11) is 0. The quantitative estimate of drug-likeness (QED) is 0.713. The monoisotopic (exact) mass is 260 g/mol. The zero-order valence-corrected chi connectivity index (χ0v) is 10.6. The molecular weight excluding hydrogens is 244 g/mol. The van der Waals surface area contributed by atoms with Gasteiger partial charge in [-0.1, -0.05) is 12.1 Å². The smallest absolute Gasteiger partial charge is 0.228 e. The third-order valence-corrected chi connectivity index (χ3v) is 2.60. The number of aryl methyl sites for hydroxylation is 1. The third-order valence-electron chi connectivity index (χ3n) is 2.60.